The predicted molar refractivity (Wildman–Crippen MR) is 72.8 cm³/mol. The number of hydrogen-bond donors (Lipinski definition) is 1. The van der Waals surface area contributed by atoms with E-state index < -0.39 is 0 Å². The second-order valence-corrected chi connectivity index (χ2v) is 4.38. The largest absolute Gasteiger partial charge is 0.375 e. The first kappa shape index (κ1) is 14.4. The summed E-state index contributed by atoms with van der Waals surface area (Å²) >= 11 is 0. The second-order valence-electron chi connectivity index (χ2n) is 4.38. The Morgan fingerprint density at radius 3 is 2.50 bits per heavy atom. The highest BCUT2D eigenvalue weighted by molar-refractivity contribution is 5.57. The first-order valence-electron chi connectivity index (χ1n) is 6.12. The van der Waals surface area contributed by atoms with Gasteiger partial charge in [-0.25, -0.2) is 0 Å². The Hall–Kier alpha value is -1.68. The highest BCUT2D eigenvalue weighted by Crippen LogP contribution is 2.15. The molecule has 0 heterocycles. The fourth-order valence-electron chi connectivity index (χ4n) is 1.68. The van der Waals surface area contributed by atoms with E-state index in [-0.39, 0.29) is 6.04 Å². The zero-order valence-electron chi connectivity index (χ0n) is 10.7. The van der Waals surface area contributed by atoms with E-state index in [0.717, 1.165) is 36.8 Å². The minimum absolute atomic E-state index is 0.390. The summed E-state index contributed by atoms with van der Waals surface area (Å²) in [5.41, 5.74) is 7.79. The number of rotatable bonds is 8. The Morgan fingerprint density at radius 1 is 1.28 bits per heavy atom. The molecule has 18 heavy (non-hydrogen) atoms. The van der Waals surface area contributed by atoms with E-state index in [0.29, 0.717) is 12.8 Å². The molecule has 0 saturated carbocycles. The number of aldehydes is 2. The summed E-state index contributed by atoms with van der Waals surface area (Å²) in [6.07, 6.45) is 3.69. The molecule has 0 spiro atoms. The van der Waals surface area contributed by atoms with Crippen LogP contribution in [0.3, 0.4) is 0 Å². The van der Waals surface area contributed by atoms with Crippen molar-refractivity contribution in [1.82, 2.24) is 0 Å². The van der Waals surface area contributed by atoms with Gasteiger partial charge in [-0.05, 0) is 30.5 Å². The fraction of sp³-hybridized carbons (Fsp3) is 0.429. The Bertz CT molecular complexity index is 376. The smallest absolute Gasteiger partial charge is 0.136 e. The van der Waals surface area contributed by atoms with Crippen molar-refractivity contribution in [2.75, 3.05) is 18.5 Å². The van der Waals surface area contributed by atoms with Crippen LogP contribution in [0.25, 0.3) is 0 Å². The van der Waals surface area contributed by atoms with E-state index in [4.69, 9.17) is 5.73 Å². The van der Waals surface area contributed by atoms with Crippen molar-refractivity contribution in [2.24, 2.45) is 5.73 Å². The monoisotopic (exact) mass is 248 g/mol. The standard InChI is InChI=1S/C14H20N2O2/c1-16(9-8-13(15)11-18)14-6-4-12(5-7-14)3-2-10-17/h4-7,10-11,13H,2-3,8-9,15H2,1H3. The number of hydrogen-bond acceptors (Lipinski definition) is 4. The molecule has 1 atom stereocenters. The van der Waals surface area contributed by atoms with Crippen LogP contribution in [-0.4, -0.2) is 32.2 Å². The summed E-state index contributed by atoms with van der Waals surface area (Å²) in [6.45, 7) is 0.744. The number of nitrogens with two attached hydrogens (primary N) is 1. The maximum Gasteiger partial charge on any atom is 0.136 e. The van der Waals surface area contributed by atoms with Crippen LogP contribution in [0.15, 0.2) is 24.3 Å². The van der Waals surface area contributed by atoms with E-state index >= 15 is 0 Å². The minimum atomic E-state index is -0.390. The first-order chi connectivity index (χ1) is 8.67. The SMILES string of the molecule is CN(CCC(N)C=O)c1ccc(CCC=O)cc1. The molecular formula is C14H20N2O2. The van der Waals surface area contributed by atoms with Crippen LogP contribution < -0.4 is 10.6 Å². The molecule has 0 bridgehead atoms. The zero-order chi connectivity index (χ0) is 13.4. The van der Waals surface area contributed by atoms with E-state index in [2.05, 4.69) is 4.90 Å². The van der Waals surface area contributed by atoms with Gasteiger partial charge in [-0.3, -0.25) is 0 Å². The lowest BCUT2D eigenvalue weighted by atomic mass is 10.1. The quantitative estimate of drug-likeness (QED) is 0.701. The molecule has 0 aliphatic heterocycles. The summed E-state index contributed by atoms with van der Waals surface area (Å²) in [6, 6.07) is 7.70. The molecule has 0 aromatic heterocycles. The number of carbonyl (C=O) groups is 2. The summed E-state index contributed by atoms with van der Waals surface area (Å²) in [7, 11) is 1.97. The van der Waals surface area contributed by atoms with Crippen LogP contribution in [0.2, 0.25) is 0 Å². The third-order valence-electron chi connectivity index (χ3n) is 2.90. The molecule has 1 unspecified atom stereocenters. The third-order valence-corrected chi connectivity index (χ3v) is 2.90. The molecule has 0 fully saturated rings. The van der Waals surface area contributed by atoms with Crippen molar-refractivity contribution in [3.05, 3.63) is 29.8 Å². The molecule has 4 heteroatoms. The lowest BCUT2D eigenvalue weighted by Crippen LogP contribution is -2.28. The van der Waals surface area contributed by atoms with Crippen molar-refractivity contribution < 1.29 is 9.59 Å². The van der Waals surface area contributed by atoms with E-state index in [1.165, 1.54) is 0 Å². The van der Waals surface area contributed by atoms with Crippen LogP contribution in [0.4, 0.5) is 5.69 Å². The summed E-state index contributed by atoms with van der Waals surface area (Å²) in [4.78, 5) is 22.8. The van der Waals surface area contributed by atoms with Gasteiger partial charge in [-0.2, -0.15) is 0 Å². The fourth-order valence-corrected chi connectivity index (χ4v) is 1.68. The molecular weight excluding hydrogens is 228 g/mol. The van der Waals surface area contributed by atoms with Crippen LogP contribution in [-0.2, 0) is 16.0 Å². The Kier molecular flexibility index (Phi) is 6.08. The van der Waals surface area contributed by atoms with E-state index in [1.807, 2.05) is 31.3 Å². The Labute approximate surface area is 108 Å². The molecule has 0 aliphatic rings. The Balaban J connectivity index is 2.50. The van der Waals surface area contributed by atoms with Crippen molar-refractivity contribution >= 4 is 18.3 Å². The molecule has 0 aliphatic carbocycles. The van der Waals surface area contributed by atoms with E-state index in [9.17, 15) is 9.59 Å². The van der Waals surface area contributed by atoms with Gasteiger partial charge in [0, 0.05) is 25.7 Å². The molecule has 0 amide bonds. The van der Waals surface area contributed by atoms with Gasteiger partial charge in [-0.1, -0.05) is 12.1 Å². The van der Waals surface area contributed by atoms with Gasteiger partial charge in [0.15, 0.2) is 0 Å². The molecule has 4 nitrogen and oxygen atoms in total. The summed E-state index contributed by atoms with van der Waals surface area (Å²) < 4.78 is 0. The molecule has 0 radical (unpaired) electrons. The molecule has 98 valence electrons. The first-order valence-corrected chi connectivity index (χ1v) is 6.12. The number of nitrogens with zero attached hydrogens (tertiary/aromatic N) is 1. The summed E-state index contributed by atoms with van der Waals surface area (Å²) in [5.74, 6) is 0. The minimum Gasteiger partial charge on any atom is -0.375 e. The van der Waals surface area contributed by atoms with Gasteiger partial charge in [0.2, 0.25) is 0 Å². The van der Waals surface area contributed by atoms with Crippen molar-refractivity contribution in [2.45, 2.75) is 25.3 Å². The van der Waals surface area contributed by atoms with Gasteiger partial charge < -0.3 is 20.2 Å². The van der Waals surface area contributed by atoms with Gasteiger partial charge in [0.1, 0.15) is 12.6 Å². The number of carbonyl (C=O) groups excluding carboxylic acids is 2. The predicted octanol–water partition coefficient (Wildman–Crippen LogP) is 1.17. The number of anilines is 1. The highest BCUT2D eigenvalue weighted by Gasteiger charge is 2.04. The normalized spacial score (nSPS) is 11.9. The van der Waals surface area contributed by atoms with Gasteiger partial charge >= 0.3 is 0 Å². The molecule has 1 rings (SSSR count). The molecule has 1 aromatic rings. The average molecular weight is 248 g/mol. The highest BCUT2D eigenvalue weighted by atomic mass is 16.1. The number of aryl methyl sites for hydroxylation is 1. The van der Waals surface area contributed by atoms with Gasteiger partial charge in [0.25, 0.3) is 0 Å². The van der Waals surface area contributed by atoms with Crippen LogP contribution in [0, 0.1) is 0 Å². The van der Waals surface area contributed by atoms with Crippen LogP contribution in [0.5, 0.6) is 0 Å². The van der Waals surface area contributed by atoms with Crippen LogP contribution >= 0.6 is 0 Å². The average Bonchev–Trinajstić information content (AvgIpc) is 2.42. The van der Waals surface area contributed by atoms with Gasteiger partial charge in [-0.15, -0.1) is 0 Å². The Morgan fingerprint density at radius 2 is 1.94 bits per heavy atom. The second kappa shape index (κ2) is 7.61. The lowest BCUT2D eigenvalue weighted by Gasteiger charge is -2.20. The van der Waals surface area contributed by atoms with Crippen molar-refractivity contribution in [3.8, 4) is 0 Å². The van der Waals surface area contributed by atoms with E-state index in [1.54, 1.807) is 0 Å². The maximum atomic E-state index is 10.4. The van der Waals surface area contributed by atoms with Crippen LogP contribution in [0.1, 0.15) is 18.4 Å². The third kappa shape index (κ3) is 4.67. The number of benzene rings is 1. The van der Waals surface area contributed by atoms with Crippen molar-refractivity contribution in [3.63, 3.8) is 0 Å². The molecule has 1 aromatic carbocycles. The van der Waals surface area contributed by atoms with Crippen molar-refractivity contribution in [1.29, 1.82) is 0 Å². The molecule has 0 saturated heterocycles. The lowest BCUT2D eigenvalue weighted by molar-refractivity contribution is -0.109. The topological polar surface area (TPSA) is 63.4 Å². The molecule has 2 N–H and O–H groups in total. The maximum absolute atomic E-state index is 10.4. The van der Waals surface area contributed by atoms with Gasteiger partial charge in [0.05, 0.1) is 6.04 Å². The summed E-state index contributed by atoms with van der Waals surface area (Å²) in [5, 5.41) is 0. The zero-order valence-corrected chi connectivity index (χ0v) is 10.7.